The summed E-state index contributed by atoms with van der Waals surface area (Å²) in [6.07, 6.45) is 0. The first-order valence-corrected chi connectivity index (χ1v) is 9.84. The Bertz CT molecular complexity index is 932. The van der Waals surface area contributed by atoms with Gasteiger partial charge in [-0.15, -0.1) is 0 Å². The minimum absolute atomic E-state index is 0.0486. The van der Waals surface area contributed by atoms with Gasteiger partial charge in [0.15, 0.2) is 11.5 Å². The van der Waals surface area contributed by atoms with Gasteiger partial charge in [-0.1, -0.05) is 12.1 Å². The average Bonchev–Trinajstić information content (AvgIpc) is 2.78. The Kier molecular flexibility index (Phi) is 5.54. The molecule has 4 rings (SSSR count). The van der Waals surface area contributed by atoms with E-state index >= 15 is 0 Å². The Morgan fingerprint density at radius 1 is 1.07 bits per heavy atom. The number of rotatable bonds is 4. The number of fused-ring (bicyclic) bond motifs is 1. The standard InChI is InChI=1S/C22H24N4O3/c1-16(22(27)24-18-6-7-20-21(14-18)29-13-12-28-20)25-8-10-26(11-9-25)19-5-3-2-4-17(19)15-23/h2-7,14,16H,8-13H2,1H3,(H,24,27). The molecule has 0 aliphatic carbocycles. The molecular weight excluding hydrogens is 368 g/mol. The second kappa shape index (κ2) is 8.41. The van der Waals surface area contributed by atoms with Gasteiger partial charge in [-0.2, -0.15) is 5.26 Å². The fraction of sp³-hybridized carbons (Fsp3) is 0.364. The summed E-state index contributed by atoms with van der Waals surface area (Å²) in [6, 6.07) is 15.1. The number of amides is 1. The molecule has 0 aromatic heterocycles. The summed E-state index contributed by atoms with van der Waals surface area (Å²) in [4.78, 5) is 17.1. The molecular formula is C22H24N4O3. The van der Waals surface area contributed by atoms with E-state index in [0.29, 0.717) is 36.0 Å². The zero-order valence-corrected chi connectivity index (χ0v) is 16.4. The number of para-hydroxylation sites is 1. The SMILES string of the molecule is CC(C(=O)Nc1ccc2c(c1)OCCO2)N1CCN(c2ccccc2C#N)CC1. The van der Waals surface area contributed by atoms with Gasteiger partial charge >= 0.3 is 0 Å². The van der Waals surface area contributed by atoms with E-state index in [0.717, 1.165) is 31.9 Å². The van der Waals surface area contributed by atoms with Crippen LogP contribution in [0.5, 0.6) is 11.5 Å². The molecule has 2 heterocycles. The quantitative estimate of drug-likeness (QED) is 0.861. The maximum absolute atomic E-state index is 12.8. The molecule has 2 aliphatic heterocycles. The van der Waals surface area contributed by atoms with Gasteiger partial charge in [0.25, 0.3) is 0 Å². The molecule has 150 valence electrons. The largest absolute Gasteiger partial charge is 0.486 e. The third-order valence-electron chi connectivity index (χ3n) is 5.42. The van der Waals surface area contributed by atoms with Crippen LogP contribution in [0.15, 0.2) is 42.5 Å². The highest BCUT2D eigenvalue weighted by Gasteiger charge is 2.26. The molecule has 2 aliphatic rings. The highest BCUT2D eigenvalue weighted by atomic mass is 16.6. The van der Waals surface area contributed by atoms with Crippen LogP contribution < -0.4 is 19.7 Å². The van der Waals surface area contributed by atoms with Crippen LogP contribution in [0.2, 0.25) is 0 Å². The van der Waals surface area contributed by atoms with Crippen molar-refractivity contribution in [1.29, 1.82) is 5.26 Å². The normalized spacial score (nSPS) is 17.3. The van der Waals surface area contributed by atoms with E-state index in [9.17, 15) is 10.1 Å². The van der Waals surface area contributed by atoms with E-state index in [2.05, 4.69) is 21.2 Å². The minimum Gasteiger partial charge on any atom is -0.486 e. The lowest BCUT2D eigenvalue weighted by molar-refractivity contribution is -0.120. The van der Waals surface area contributed by atoms with Gasteiger partial charge in [0.1, 0.15) is 19.3 Å². The van der Waals surface area contributed by atoms with E-state index in [-0.39, 0.29) is 11.9 Å². The first kappa shape index (κ1) is 19.1. The van der Waals surface area contributed by atoms with Crippen molar-refractivity contribution in [2.45, 2.75) is 13.0 Å². The van der Waals surface area contributed by atoms with Crippen molar-refractivity contribution < 1.29 is 14.3 Å². The summed E-state index contributed by atoms with van der Waals surface area (Å²) in [7, 11) is 0. The first-order chi connectivity index (χ1) is 14.2. The molecule has 1 saturated heterocycles. The molecule has 1 unspecified atom stereocenters. The molecule has 0 bridgehead atoms. The molecule has 1 amide bonds. The zero-order chi connectivity index (χ0) is 20.2. The van der Waals surface area contributed by atoms with Crippen LogP contribution in [0, 0.1) is 11.3 Å². The molecule has 1 atom stereocenters. The number of hydrogen-bond donors (Lipinski definition) is 1. The number of carbonyl (C=O) groups excluding carboxylic acids is 1. The van der Waals surface area contributed by atoms with Crippen molar-refractivity contribution in [1.82, 2.24) is 4.90 Å². The number of anilines is 2. The fourth-order valence-electron chi connectivity index (χ4n) is 3.73. The van der Waals surface area contributed by atoms with E-state index in [1.165, 1.54) is 0 Å². The topological polar surface area (TPSA) is 77.8 Å². The Balaban J connectivity index is 1.35. The van der Waals surface area contributed by atoms with Crippen molar-refractivity contribution in [3.8, 4) is 17.6 Å². The summed E-state index contributed by atoms with van der Waals surface area (Å²) in [5.74, 6) is 1.31. The van der Waals surface area contributed by atoms with Crippen LogP contribution in [0.3, 0.4) is 0 Å². The maximum Gasteiger partial charge on any atom is 0.241 e. The molecule has 2 aromatic carbocycles. The van der Waals surface area contributed by atoms with Gasteiger partial charge < -0.3 is 19.7 Å². The lowest BCUT2D eigenvalue weighted by Gasteiger charge is -2.38. The number of carbonyl (C=O) groups is 1. The Morgan fingerprint density at radius 3 is 2.55 bits per heavy atom. The van der Waals surface area contributed by atoms with Gasteiger partial charge in [-0.05, 0) is 31.2 Å². The number of nitrogens with one attached hydrogen (secondary N) is 1. The summed E-state index contributed by atoms with van der Waals surface area (Å²) in [6.45, 7) is 6.05. The number of hydrogen-bond acceptors (Lipinski definition) is 6. The van der Waals surface area contributed by atoms with Crippen molar-refractivity contribution in [2.75, 3.05) is 49.6 Å². The molecule has 0 spiro atoms. The first-order valence-electron chi connectivity index (χ1n) is 9.84. The van der Waals surface area contributed by atoms with Crippen LogP contribution in [-0.2, 0) is 4.79 Å². The average molecular weight is 392 g/mol. The molecule has 0 saturated carbocycles. The van der Waals surface area contributed by atoms with E-state index in [1.807, 2.05) is 43.3 Å². The number of ether oxygens (including phenoxy) is 2. The zero-order valence-electron chi connectivity index (χ0n) is 16.4. The number of benzene rings is 2. The Labute approximate surface area is 170 Å². The van der Waals surface area contributed by atoms with Crippen LogP contribution in [0.25, 0.3) is 0 Å². The van der Waals surface area contributed by atoms with Crippen LogP contribution in [0.1, 0.15) is 12.5 Å². The number of piperazine rings is 1. The summed E-state index contributed by atoms with van der Waals surface area (Å²) in [5, 5.41) is 12.3. The van der Waals surface area contributed by atoms with Crippen molar-refractivity contribution in [2.24, 2.45) is 0 Å². The highest BCUT2D eigenvalue weighted by molar-refractivity contribution is 5.94. The van der Waals surface area contributed by atoms with Crippen LogP contribution in [-0.4, -0.2) is 56.2 Å². The monoisotopic (exact) mass is 392 g/mol. The van der Waals surface area contributed by atoms with Crippen LogP contribution >= 0.6 is 0 Å². The molecule has 2 aromatic rings. The fourth-order valence-corrected chi connectivity index (χ4v) is 3.73. The molecule has 1 N–H and O–H groups in total. The van der Waals surface area contributed by atoms with Crippen molar-refractivity contribution in [3.05, 3.63) is 48.0 Å². The molecule has 1 fully saturated rings. The number of nitrogens with zero attached hydrogens (tertiary/aromatic N) is 3. The van der Waals surface area contributed by atoms with Gasteiger partial charge in [0.2, 0.25) is 5.91 Å². The molecule has 7 heteroatoms. The van der Waals surface area contributed by atoms with Crippen molar-refractivity contribution >= 4 is 17.3 Å². The number of nitriles is 1. The minimum atomic E-state index is -0.253. The lowest BCUT2D eigenvalue weighted by Crippen LogP contribution is -2.53. The maximum atomic E-state index is 12.8. The predicted octanol–water partition coefficient (Wildman–Crippen LogP) is 2.48. The Hall–Kier alpha value is -3.24. The molecule has 29 heavy (non-hydrogen) atoms. The van der Waals surface area contributed by atoms with E-state index < -0.39 is 0 Å². The van der Waals surface area contributed by atoms with Gasteiger partial charge in [-0.25, -0.2) is 0 Å². The van der Waals surface area contributed by atoms with E-state index in [4.69, 9.17) is 9.47 Å². The van der Waals surface area contributed by atoms with E-state index in [1.54, 1.807) is 6.07 Å². The molecule has 0 radical (unpaired) electrons. The summed E-state index contributed by atoms with van der Waals surface area (Å²) < 4.78 is 11.1. The van der Waals surface area contributed by atoms with Crippen molar-refractivity contribution in [3.63, 3.8) is 0 Å². The highest BCUT2D eigenvalue weighted by Crippen LogP contribution is 2.32. The third kappa shape index (κ3) is 4.13. The second-order valence-corrected chi connectivity index (χ2v) is 7.18. The smallest absolute Gasteiger partial charge is 0.241 e. The predicted molar refractivity (Wildman–Crippen MR) is 110 cm³/mol. The lowest BCUT2D eigenvalue weighted by atomic mass is 10.1. The van der Waals surface area contributed by atoms with Gasteiger partial charge in [0, 0.05) is 37.9 Å². The Morgan fingerprint density at radius 2 is 1.79 bits per heavy atom. The second-order valence-electron chi connectivity index (χ2n) is 7.18. The third-order valence-corrected chi connectivity index (χ3v) is 5.42. The van der Waals surface area contributed by atoms with Crippen LogP contribution in [0.4, 0.5) is 11.4 Å². The van der Waals surface area contributed by atoms with Gasteiger partial charge in [0.05, 0.1) is 17.3 Å². The summed E-state index contributed by atoms with van der Waals surface area (Å²) in [5.41, 5.74) is 2.35. The summed E-state index contributed by atoms with van der Waals surface area (Å²) >= 11 is 0. The van der Waals surface area contributed by atoms with Gasteiger partial charge in [-0.3, -0.25) is 9.69 Å². The molecule has 7 nitrogen and oxygen atoms in total.